The lowest BCUT2D eigenvalue weighted by Crippen LogP contribution is -2.40. The molecule has 2 rings (SSSR count). The predicted octanol–water partition coefficient (Wildman–Crippen LogP) is 3.87. The summed E-state index contributed by atoms with van der Waals surface area (Å²) < 4.78 is 11.3. The molecule has 0 bridgehead atoms. The minimum Gasteiger partial charge on any atom is -0.461 e. The molecule has 1 saturated carbocycles. The standard InChI is InChI=1S/C18H30O4/c1-5-14-12(2)11-13(3)15(16(19)21-14)17(20)22-18(4)9-7-6-8-10-18/h12-15H,5-11H2,1-4H3. The molecule has 2 aliphatic rings. The lowest BCUT2D eigenvalue weighted by molar-refractivity contribution is -0.176. The van der Waals surface area contributed by atoms with Gasteiger partial charge < -0.3 is 9.47 Å². The fraction of sp³-hybridized carbons (Fsp3) is 0.889. The molecule has 22 heavy (non-hydrogen) atoms. The number of hydrogen-bond acceptors (Lipinski definition) is 4. The van der Waals surface area contributed by atoms with E-state index in [4.69, 9.17) is 9.47 Å². The van der Waals surface area contributed by atoms with E-state index in [-0.39, 0.29) is 23.9 Å². The van der Waals surface area contributed by atoms with Gasteiger partial charge in [-0.1, -0.05) is 27.2 Å². The van der Waals surface area contributed by atoms with Gasteiger partial charge in [-0.15, -0.1) is 0 Å². The largest absolute Gasteiger partial charge is 0.461 e. The average Bonchev–Trinajstić information content (AvgIpc) is 2.54. The van der Waals surface area contributed by atoms with Crippen LogP contribution in [0.5, 0.6) is 0 Å². The molecule has 0 aromatic rings. The minimum atomic E-state index is -0.766. The van der Waals surface area contributed by atoms with E-state index in [1.54, 1.807) is 0 Å². The summed E-state index contributed by atoms with van der Waals surface area (Å²) >= 11 is 0. The second-order valence-electron chi connectivity index (χ2n) is 7.48. The van der Waals surface area contributed by atoms with Crippen molar-refractivity contribution in [2.24, 2.45) is 17.8 Å². The first-order valence-corrected chi connectivity index (χ1v) is 8.79. The van der Waals surface area contributed by atoms with E-state index in [2.05, 4.69) is 6.92 Å². The zero-order valence-electron chi connectivity index (χ0n) is 14.4. The molecule has 1 aliphatic carbocycles. The first-order chi connectivity index (χ1) is 10.4. The Morgan fingerprint density at radius 2 is 1.86 bits per heavy atom. The fourth-order valence-electron chi connectivity index (χ4n) is 3.97. The highest BCUT2D eigenvalue weighted by molar-refractivity contribution is 5.95. The number of hydrogen-bond donors (Lipinski definition) is 0. The molecule has 0 aromatic heterocycles. The molecular weight excluding hydrogens is 280 g/mol. The molecule has 1 saturated heterocycles. The van der Waals surface area contributed by atoms with E-state index in [1.165, 1.54) is 6.42 Å². The maximum atomic E-state index is 12.6. The molecule has 0 N–H and O–H groups in total. The van der Waals surface area contributed by atoms with Crippen LogP contribution in [0, 0.1) is 17.8 Å². The molecule has 0 amide bonds. The van der Waals surface area contributed by atoms with Gasteiger partial charge in [-0.2, -0.15) is 0 Å². The molecular formula is C18H30O4. The van der Waals surface area contributed by atoms with Crippen molar-refractivity contribution in [2.45, 2.75) is 84.3 Å². The molecule has 126 valence electrons. The van der Waals surface area contributed by atoms with Gasteiger partial charge in [0, 0.05) is 0 Å². The van der Waals surface area contributed by atoms with Crippen molar-refractivity contribution in [1.82, 2.24) is 0 Å². The topological polar surface area (TPSA) is 52.6 Å². The van der Waals surface area contributed by atoms with Crippen molar-refractivity contribution in [3.05, 3.63) is 0 Å². The van der Waals surface area contributed by atoms with Gasteiger partial charge in [0.2, 0.25) is 0 Å². The maximum absolute atomic E-state index is 12.6. The normalized spacial score (nSPS) is 35.4. The number of ether oxygens (including phenoxy) is 2. The molecule has 4 atom stereocenters. The quantitative estimate of drug-likeness (QED) is 0.586. The molecule has 4 unspecified atom stereocenters. The highest BCUT2D eigenvalue weighted by Crippen LogP contribution is 2.35. The SMILES string of the molecule is CCC1OC(=O)C(C(=O)OC2(C)CCCCC2)C(C)CC1C. The second kappa shape index (κ2) is 7.01. The summed E-state index contributed by atoms with van der Waals surface area (Å²) in [6.45, 7) is 8.06. The van der Waals surface area contributed by atoms with Gasteiger partial charge in [0.05, 0.1) is 0 Å². The van der Waals surface area contributed by atoms with Crippen LogP contribution >= 0.6 is 0 Å². The van der Waals surface area contributed by atoms with E-state index in [0.29, 0.717) is 0 Å². The summed E-state index contributed by atoms with van der Waals surface area (Å²) in [5, 5.41) is 0. The number of esters is 2. The van der Waals surface area contributed by atoms with Crippen LogP contribution in [0.2, 0.25) is 0 Å². The van der Waals surface area contributed by atoms with Crippen LogP contribution in [0.4, 0.5) is 0 Å². The maximum Gasteiger partial charge on any atom is 0.321 e. The fourth-order valence-corrected chi connectivity index (χ4v) is 3.97. The van der Waals surface area contributed by atoms with Crippen molar-refractivity contribution in [3.63, 3.8) is 0 Å². The molecule has 1 heterocycles. The summed E-state index contributed by atoms with van der Waals surface area (Å²) in [6, 6.07) is 0. The average molecular weight is 310 g/mol. The third-order valence-electron chi connectivity index (χ3n) is 5.38. The van der Waals surface area contributed by atoms with Crippen LogP contribution in [0.3, 0.4) is 0 Å². The van der Waals surface area contributed by atoms with Gasteiger partial charge in [0.1, 0.15) is 11.7 Å². The highest BCUT2D eigenvalue weighted by Gasteiger charge is 2.43. The number of carbonyl (C=O) groups excluding carboxylic acids is 2. The number of cyclic esters (lactones) is 1. The Morgan fingerprint density at radius 3 is 2.45 bits per heavy atom. The van der Waals surface area contributed by atoms with Crippen molar-refractivity contribution in [2.75, 3.05) is 0 Å². The second-order valence-corrected chi connectivity index (χ2v) is 7.48. The van der Waals surface area contributed by atoms with E-state index in [1.807, 2.05) is 20.8 Å². The van der Waals surface area contributed by atoms with Crippen LogP contribution in [0.1, 0.15) is 72.6 Å². The number of carbonyl (C=O) groups is 2. The van der Waals surface area contributed by atoms with Crippen LogP contribution in [-0.4, -0.2) is 23.6 Å². The predicted molar refractivity (Wildman–Crippen MR) is 84.2 cm³/mol. The molecule has 4 nitrogen and oxygen atoms in total. The van der Waals surface area contributed by atoms with Gasteiger partial charge in [0.25, 0.3) is 0 Å². The molecule has 2 fully saturated rings. The van der Waals surface area contributed by atoms with Crippen LogP contribution < -0.4 is 0 Å². The van der Waals surface area contributed by atoms with Crippen LogP contribution in [-0.2, 0) is 19.1 Å². The van der Waals surface area contributed by atoms with E-state index in [0.717, 1.165) is 38.5 Å². The number of rotatable bonds is 3. The van der Waals surface area contributed by atoms with Gasteiger partial charge in [-0.05, 0) is 57.3 Å². The molecule has 0 spiro atoms. The zero-order valence-corrected chi connectivity index (χ0v) is 14.4. The van der Waals surface area contributed by atoms with E-state index in [9.17, 15) is 9.59 Å². The molecule has 4 heteroatoms. The van der Waals surface area contributed by atoms with E-state index >= 15 is 0 Å². The Bertz CT molecular complexity index is 411. The van der Waals surface area contributed by atoms with Crippen LogP contribution in [0.15, 0.2) is 0 Å². The zero-order chi connectivity index (χ0) is 16.3. The first-order valence-electron chi connectivity index (χ1n) is 8.79. The third kappa shape index (κ3) is 3.82. The minimum absolute atomic E-state index is 0.0289. The van der Waals surface area contributed by atoms with Gasteiger partial charge >= 0.3 is 11.9 Å². The summed E-state index contributed by atoms with van der Waals surface area (Å²) in [6.07, 6.45) is 6.68. The van der Waals surface area contributed by atoms with Crippen molar-refractivity contribution >= 4 is 11.9 Å². The Labute approximate surface area is 133 Å². The van der Waals surface area contributed by atoms with Gasteiger partial charge in [-0.3, -0.25) is 9.59 Å². The highest BCUT2D eigenvalue weighted by atomic mass is 16.6. The van der Waals surface area contributed by atoms with Gasteiger partial charge in [-0.25, -0.2) is 0 Å². The van der Waals surface area contributed by atoms with Crippen molar-refractivity contribution < 1.29 is 19.1 Å². The Hall–Kier alpha value is -1.06. The first kappa shape index (κ1) is 17.3. The summed E-state index contributed by atoms with van der Waals surface area (Å²) in [5.41, 5.74) is -0.405. The third-order valence-corrected chi connectivity index (χ3v) is 5.38. The molecule has 0 aromatic carbocycles. The Kier molecular flexibility index (Phi) is 5.51. The van der Waals surface area contributed by atoms with Crippen LogP contribution in [0.25, 0.3) is 0 Å². The molecule has 1 aliphatic heterocycles. The summed E-state index contributed by atoms with van der Waals surface area (Å²) in [7, 11) is 0. The van der Waals surface area contributed by atoms with Crippen molar-refractivity contribution in [1.29, 1.82) is 0 Å². The summed E-state index contributed by atoms with van der Waals surface area (Å²) in [4.78, 5) is 25.0. The van der Waals surface area contributed by atoms with E-state index < -0.39 is 17.5 Å². The van der Waals surface area contributed by atoms with Crippen molar-refractivity contribution in [3.8, 4) is 0 Å². The Morgan fingerprint density at radius 1 is 1.23 bits per heavy atom. The monoisotopic (exact) mass is 310 g/mol. The Balaban J connectivity index is 2.08. The molecule has 0 radical (unpaired) electrons. The smallest absolute Gasteiger partial charge is 0.321 e. The van der Waals surface area contributed by atoms with Gasteiger partial charge in [0.15, 0.2) is 5.92 Å². The lowest BCUT2D eigenvalue weighted by Gasteiger charge is -2.34. The lowest BCUT2D eigenvalue weighted by atomic mass is 9.84. The summed E-state index contributed by atoms with van der Waals surface area (Å²) in [5.74, 6) is -1.29.